The van der Waals surface area contributed by atoms with Crippen LogP contribution in [0.5, 0.6) is 0 Å². The Kier molecular flexibility index (Phi) is 6.02. The summed E-state index contributed by atoms with van der Waals surface area (Å²) in [5.74, 6) is 5.57. The van der Waals surface area contributed by atoms with Crippen LogP contribution < -0.4 is 5.32 Å². The van der Waals surface area contributed by atoms with Crippen LogP contribution in [0.15, 0.2) is 39.9 Å². The average molecular weight is 498 g/mol. The Bertz CT molecular complexity index is 1320. The van der Waals surface area contributed by atoms with Gasteiger partial charge < -0.3 is 4.90 Å². The van der Waals surface area contributed by atoms with Crippen LogP contribution in [-0.2, 0) is 26.2 Å². The number of nitrogens with one attached hydrogen (secondary N) is 1. The number of nitrogens with zero attached hydrogens (tertiary/aromatic N) is 2. The maximum Gasteiger partial charge on any atom is 0.255 e. The third kappa shape index (κ3) is 4.15. The highest BCUT2D eigenvalue weighted by Gasteiger charge is 2.39. The minimum absolute atomic E-state index is 0.0631. The number of fused-ring (bicyclic) bond motifs is 1. The summed E-state index contributed by atoms with van der Waals surface area (Å²) < 4.78 is 26.9. The Morgan fingerprint density at radius 3 is 2.56 bits per heavy atom. The SMILES string of the molecule is O=C1CCC(N2Cc3c(C#CC4CCN(S(=O)(=O)c5ccsc5)CC4)cccc3C2=O)C(=O)N1. The van der Waals surface area contributed by atoms with Crippen molar-refractivity contribution in [3.05, 3.63) is 51.7 Å². The van der Waals surface area contributed by atoms with Gasteiger partial charge in [0.15, 0.2) is 0 Å². The lowest BCUT2D eigenvalue weighted by molar-refractivity contribution is -0.136. The van der Waals surface area contributed by atoms with Gasteiger partial charge in [-0.1, -0.05) is 17.9 Å². The number of hydrogen-bond donors (Lipinski definition) is 1. The van der Waals surface area contributed by atoms with Gasteiger partial charge in [0.05, 0.1) is 4.90 Å². The van der Waals surface area contributed by atoms with Crippen LogP contribution in [0.3, 0.4) is 0 Å². The Balaban J connectivity index is 1.28. The van der Waals surface area contributed by atoms with Gasteiger partial charge in [0.25, 0.3) is 5.91 Å². The fourth-order valence-corrected chi connectivity index (χ4v) is 7.16. The molecule has 2 aromatic rings. The average Bonchev–Trinajstić information content (AvgIpc) is 3.48. The van der Waals surface area contributed by atoms with E-state index >= 15 is 0 Å². The molecule has 1 N–H and O–H groups in total. The fraction of sp³-hybridized carbons (Fsp3) is 0.375. The molecule has 34 heavy (non-hydrogen) atoms. The van der Waals surface area contributed by atoms with E-state index in [4.69, 9.17) is 0 Å². The standard InChI is InChI=1S/C24H23N3O5S2/c28-22-7-6-21(23(29)25-22)27-14-20-17(2-1-3-19(20)24(27)30)5-4-16-8-11-26(12-9-16)34(31,32)18-10-13-33-15-18/h1-3,10,13,15-16,21H,6-9,11-12,14H2,(H,25,28,29). The largest absolute Gasteiger partial charge is 0.322 e. The first-order chi connectivity index (χ1) is 16.3. The van der Waals surface area contributed by atoms with E-state index in [9.17, 15) is 22.8 Å². The molecule has 0 spiro atoms. The quantitative estimate of drug-likeness (QED) is 0.516. The van der Waals surface area contributed by atoms with Gasteiger partial charge in [-0.3, -0.25) is 19.7 Å². The van der Waals surface area contributed by atoms with E-state index in [-0.39, 0.29) is 30.7 Å². The predicted octanol–water partition coefficient (Wildman–Crippen LogP) is 1.96. The first-order valence-corrected chi connectivity index (χ1v) is 13.5. The van der Waals surface area contributed by atoms with Crippen molar-refractivity contribution in [2.24, 2.45) is 5.92 Å². The highest BCUT2D eigenvalue weighted by Crippen LogP contribution is 2.30. The van der Waals surface area contributed by atoms with Crippen LogP contribution >= 0.6 is 11.3 Å². The van der Waals surface area contributed by atoms with Gasteiger partial charge in [-0.05, 0) is 48.4 Å². The molecule has 8 nitrogen and oxygen atoms in total. The van der Waals surface area contributed by atoms with Crippen molar-refractivity contribution in [1.29, 1.82) is 0 Å². The Morgan fingerprint density at radius 2 is 1.85 bits per heavy atom. The van der Waals surface area contributed by atoms with Crippen molar-refractivity contribution in [1.82, 2.24) is 14.5 Å². The molecule has 3 aliphatic rings. The van der Waals surface area contributed by atoms with Crippen LogP contribution in [0.1, 0.15) is 47.2 Å². The van der Waals surface area contributed by atoms with Gasteiger partial charge in [0.1, 0.15) is 6.04 Å². The van der Waals surface area contributed by atoms with Crippen LogP contribution in [0.25, 0.3) is 0 Å². The smallest absolute Gasteiger partial charge is 0.255 e. The molecule has 5 rings (SSSR count). The zero-order valence-electron chi connectivity index (χ0n) is 18.3. The van der Waals surface area contributed by atoms with Gasteiger partial charge >= 0.3 is 0 Å². The fourth-order valence-electron chi connectivity index (χ4n) is 4.67. The minimum atomic E-state index is -3.45. The molecule has 0 bridgehead atoms. The second-order valence-electron chi connectivity index (χ2n) is 8.64. The zero-order valence-corrected chi connectivity index (χ0v) is 20.0. The maximum absolute atomic E-state index is 13.0. The predicted molar refractivity (Wildman–Crippen MR) is 125 cm³/mol. The molecule has 1 atom stereocenters. The number of piperidine rings is 2. The summed E-state index contributed by atoms with van der Waals surface area (Å²) in [7, 11) is -3.45. The molecule has 0 aliphatic carbocycles. The van der Waals surface area contributed by atoms with E-state index in [1.54, 1.807) is 29.0 Å². The lowest BCUT2D eigenvalue weighted by atomic mass is 9.97. The van der Waals surface area contributed by atoms with Crippen molar-refractivity contribution in [2.75, 3.05) is 13.1 Å². The van der Waals surface area contributed by atoms with Crippen LogP contribution in [0.2, 0.25) is 0 Å². The van der Waals surface area contributed by atoms with Crippen LogP contribution in [0.4, 0.5) is 0 Å². The second kappa shape index (κ2) is 8.98. The maximum atomic E-state index is 13.0. The number of sulfonamides is 1. The third-order valence-electron chi connectivity index (χ3n) is 6.58. The van der Waals surface area contributed by atoms with E-state index < -0.39 is 22.0 Å². The monoisotopic (exact) mass is 497 g/mol. The van der Waals surface area contributed by atoms with Crippen LogP contribution in [0, 0.1) is 17.8 Å². The lowest BCUT2D eigenvalue weighted by Crippen LogP contribution is -2.52. The highest BCUT2D eigenvalue weighted by atomic mass is 32.2. The van der Waals surface area contributed by atoms with Crippen molar-refractivity contribution in [2.45, 2.75) is 43.2 Å². The van der Waals surface area contributed by atoms with Gasteiger partial charge in [-0.2, -0.15) is 15.6 Å². The Morgan fingerprint density at radius 1 is 1.06 bits per heavy atom. The van der Waals surface area contributed by atoms with E-state index in [1.807, 2.05) is 6.07 Å². The first-order valence-electron chi connectivity index (χ1n) is 11.1. The van der Waals surface area contributed by atoms with E-state index in [1.165, 1.54) is 20.5 Å². The number of benzene rings is 1. The van der Waals surface area contributed by atoms with E-state index in [0.29, 0.717) is 42.8 Å². The highest BCUT2D eigenvalue weighted by molar-refractivity contribution is 7.89. The Hall–Kier alpha value is -3.00. The molecular formula is C24H23N3O5S2. The van der Waals surface area contributed by atoms with E-state index in [2.05, 4.69) is 17.2 Å². The summed E-state index contributed by atoms with van der Waals surface area (Å²) in [6, 6.07) is 6.35. The summed E-state index contributed by atoms with van der Waals surface area (Å²) in [6.07, 6.45) is 1.82. The number of carbonyl (C=O) groups is 3. The van der Waals surface area contributed by atoms with Crippen molar-refractivity contribution in [3.8, 4) is 11.8 Å². The Labute approximate surface area is 202 Å². The number of rotatable bonds is 3. The molecule has 1 aromatic carbocycles. The molecule has 3 amide bonds. The number of hydrogen-bond acceptors (Lipinski definition) is 6. The molecule has 3 aliphatic heterocycles. The number of carbonyl (C=O) groups excluding carboxylic acids is 3. The third-order valence-corrected chi connectivity index (χ3v) is 9.31. The molecule has 10 heteroatoms. The summed E-state index contributed by atoms with van der Waals surface area (Å²) >= 11 is 1.36. The van der Waals surface area contributed by atoms with Gasteiger partial charge in [0.2, 0.25) is 21.8 Å². The van der Waals surface area contributed by atoms with Crippen molar-refractivity contribution in [3.63, 3.8) is 0 Å². The lowest BCUT2D eigenvalue weighted by Gasteiger charge is -2.29. The molecule has 2 saturated heterocycles. The summed E-state index contributed by atoms with van der Waals surface area (Å²) in [6.45, 7) is 1.13. The molecule has 0 radical (unpaired) electrons. The topological polar surface area (TPSA) is 104 Å². The molecule has 2 fully saturated rings. The van der Waals surface area contributed by atoms with Crippen molar-refractivity contribution < 1.29 is 22.8 Å². The number of amides is 3. The molecule has 1 aromatic heterocycles. The number of thiophene rings is 1. The van der Waals surface area contributed by atoms with Gasteiger partial charge in [0, 0.05) is 48.5 Å². The van der Waals surface area contributed by atoms with Crippen LogP contribution in [-0.4, -0.2) is 54.5 Å². The molecule has 4 heterocycles. The molecule has 176 valence electrons. The van der Waals surface area contributed by atoms with Gasteiger partial charge in [-0.25, -0.2) is 8.42 Å². The summed E-state index contributed by atoms with van der Waals surface area (Å²) in [4.78, 5) is 38.6. The normalized spacial score (nSPS) is 21.7. The van der Waals surface area contributed by atoms with Gasteiger partial charge in [-0.15, -0.1) is 0 Å². The number of imide groups is 1. The summed E-state index contributed by atoms with van der Waals surface area (Å²) in [5, 5.41) is 5.72. The molecule has 1 unspecified atom stereocenters. The second-order valence-corrected chi connectivity index (χ2v) is 11.4. The van der Waals surface area contributed by atoms with Crippen molar-refractivity contribution >= 4 is 39.1 Å². The first kappa shape index (κ1) is 22.8. The molecule has 0 saturated carbocycles. The minimum Gasteiger partial charge on any atom is -0.322 e. The van der Waals surface area contributed by atoms with E-state index in [0.717, 1.165) is 11.1 Å². The summed E-state index contributed by atoms with van der Waals surface area (Å²) in [5.41, 5.74) is 2.07. The molecular weight excluding hydrogens is 474 g/mol. The zero-order chi connectivity index (χ0) is 23.9.